The Labute approximate surface area is 251 Å². The molecule has 0 saturated carbocycles. The van der Waals surface area contributed by atoms with E-state index in [0.29, 0.717) is 51.6 Å². The minimum absolute atomic E-state index is 0.101. The van der Waals surface area contributed by atoms with E-state index >= 15 is 0 Å². The molecule has 7 N–H and O–H groups in total. The van der Waals surface area contributed by atoms with Gasteiger partial charge in [0.1, 0.15) is 6.61 Å². The Morgan fingerprint density at radius 1 is 0.860 bits per heavy atom. The van der Waals surface area contributed by atoms with Gasteiger partial charge in [0.2, 0.25) is 11.8 Å². The highest BCUT2D eigenvalue weighted by Gasteiger charge is 2.30. The van der Waals surface area contributed by atoms with Crippen LogP contribution in [0.4, 0.5) is 4.79 Å². The van der Waals surface area contributed by atoms with E-state index in [1.807, 2.05) is 48.5 Å². The predicted molar refractivity (Wildman–Crippen MR) is 161 cm³/mol. The number of fused-ring (bicyclic) bond motifs is 3. The molecule has 3 amide bonds. The van der Waals surface area contributed by atoms with E-state index in [4.69, 9.17) is 21.3 Å². The van der Waals surface area contributed by atoms with Crippen molar-refractivity contribution in [3.05, 3.63) is 59.7 Å². The number of amides is 3. The molecule has 1 aliphatic carbocycles. The number of unbranched alkanes of at least 4 members (excludes halogenated alkanes) is 2. The highest BCUT2D eigenvalue weighted by atomic mass is 16.5. The molecule has 11 heteroatoms. The number of carboxylic acid groups (broad SMARTS) is 1. The maximum atomic E-state index is 13.3. The van der Waals surface area contributed by atoms with Crippen molar-refractivity contribution in [2.75, 3.05) is 19.7 Å². The molecule has 2 atom stereocenters. The molecule has 0 bridgehead atoms. The number of carbonyl (C=O) groups is 5. The van der Waals surface area contributed by atoms with Gasteiger partial charge in [0.25, 0.3) is 0 Å². The molecule has 0 spiro atoms. The molecule has 2 aromatic carbocycles. The van der Waals surface area contributed by atoms with Gasteiger partial charge in [0.05, 0.1) is 12.5 Å². The number of carboxylic acids is 1. The Morgan fingerprint density at radius 3 is 2.09 bits per heavy atom. The van der Waals surface area contributed by atoms with Crippen LogP contribution in [0.1, 0.15) is 74.8 Å². The number of benzene rings is 2. The van der Waals surface area contributed by atoms with E-state index in [1.165, 1.54) is 0 Å². The maximum absolute atomic E-state index is 13.3. The highest BCUT2D eigenvalue weighted by molar-refractivity contribution is 5.91. The van der Waals surface area contributed by atoms with E-state index in [-0.39, 0.29) is 43.5 Å². The quantitative estimate of drug-likeness (QED) is 0.153. The summed E-state index contributed by atoms with van der Waals surface area (Å²) in [5, 5.41) is 14.0. The fourth-order valence-corrected chi connectivity index (χ4v) is 5.37. The number of ketones is 1. The van der Waals surface area contributed by atoms with Crippen molar-refractivity contribution in [3.63, 3.8) is 0 Å². The molecule has 0 heterocycles. The van der Waals surface area contributed by atoms with Crippen molar-refractivity contribution in [3.8, 4) is 11.1 Å². The third kappa shape index (κ3) is 10.2. The molecular formula is C32H42N4O7. The van der Waals surface area contributed by atoms with Gasteiger partial charge in [-0.2, -0.15) is 0 Å². The lowest BCUT2D eigenvalue weighted by Crippen LogP contribution is -2.43. The Kier molecular flexibility index (Phi) is 13.2. The second-order valence-electron chi connectivity index (χ2n) is 10.8. The smallest absolute Gasteiger partial charge is 0.407 e. The summed E-state index contributed by atoms with van der Waals surface area (Å²) >= 11 is 0. The van der Waals surface area contributed by atoms with Crippen LogP contribution in [0.5, 0.6) is 0 Å². The van der Waals surface area contributed by atoms with Gasteiger partial charge in [-0.3, -0.25) is 19.2 Å². The van der Waals surface area contributed by atoms with Crippen molar-refractivity contribution in [1.82, 2.24) is 10.6 Å². The molecule has 232 valence electrons. The summed E-state index contributed by atoms with van der Waals surface area (Å²) < 4.78 is 5.63. The first-order valence-electron chi connectivity index (χ1n) is 14.8. The number of carbonyl (C=O) groups excluding carboxylic acids is 4. The molecule has 43 heavy (non-hydrogen) atoms. The molecule has 0 aliphatic heterocycles. The van der Waals surface area contributed by atoms with Crippen LogP contribution < -0.4 is 22.1 Å². The fraction of sp³-hybridized carbons (Fsp3) is 0.469. The van der Waals surface area contributed by atoms with Crippen molar-refractivity contribution < 1.29 is 33.8 Å². The molecule has 0 unspecified atom stereocenters. The van der Waals surface area contributed by atoms with E-state index in [1.54, 1.807) is 0 Å². The highest BCUT2D eigenvalue weighted by Crippen LogP contribution is 2.44. The van der Waals surface area contributed by atoms with Gasteiger partial charge in [-0.15, -0.1) is 0 Å². The third-order valence-corrected chi connectivity index (χ3v) is 7.69. The Bertz CT molecular complexity index is 1240. The van der Waals surface area contributed by atoms with Crippen LogP contribution in [-0.4, -0.2) is 60.5 Å². The lowest BCUT2D eigenvalue weighted by atomic mass is 9.91. The molecule has 1 aliphatic rings. The third-order valence-electron chi connectivity index (χ3n) is 7.69. The Hall–Kier alpha value is -4.25. The summed E-state index contributed by atoms with van der Waals surface area (Å²) in [7, 11) is 0. The van der Waals surface area contributed by atoms with Crippen LogP contribution in [0.3, 0.4) is 0 Å². The van der Waals surface area contributed by atoms with Crippen molar-refractivity contribution in [2.24, 2.45) is 17.4 Å². The first-order valence-corrected chi connectivity index (χ1v) is 14.8. The minimum Gasteiger partial charge on any atom is -0.481 e. The summed E-state index contributed by atoms with van der Waals surface area (Å²) in [4.78, 5) is 60.5. The molecule has 11 nitrogen and oxygen atoms in total. The van der Waals surface area contributed by atoms with Crippen LogP contribution in [-0.2, 0) is 23.9 Å². The van der Waals surface area contributed by atoms with Crippen LogP contribution in [0.25, 0.3) is 11.1 Å². The summed E-state index contributed by atoms with van der Waals surface area (Å²) in [5.74, 6) is -3.17. The minimum atomic E-state index is -1.04. The zero-order valence-corrected chi connectivity index (χ0v) is 24.4. The van der Waals surface area contributed by atoms with Crippen LogP contribution in [0.2, 0.25) is 0 Å². The average molecular weight is 595 g/mol. The zero-order chi connectivity index (χ0) is 31.2. The largest absolute Gasteiger partial charge is 0.481 e. The normalized spacial score (nSPS) is 13.3. The first-order chi connectivity index (χ1) is 20.7. The summed E-state index contributed by atoms with van der Waals surface area (Å²) in [6, 6.07) is 15.2. The van der Waals surface area contributed by atoms with E-state index in [0.717, 1.165) is 22.3 Å². The number of aliphatic carboxylic acids is 1. The van der Waals surface area contributed by atoms with Gasteiger partial charge in [-0.1, -0.05) is 55.0 Å². The topological polar surface area (TPSA) is 191 Å². The first kappa shape index (κ1) is 33.3. The second-order valence-corrected chi connectivity index (χ2v) is 10.8. The zero-order valence-electron chi connectivity index (χ0n) is 24.4. The molecule has 0 aromatic heterocycles. The summed E-state index contributed by atoms with van der Waals surface area (Å²) in [6.07, 6.45) is 1.86. The lowest BCUT2D eigenvalue weighted by molar-refractivity contribution is -0.138. The summed E-state index contributed by atoms with van der Waals surface area (Å²) in [5.41, 5.74) is 15.6. The van der Waals surface area contributed by atoms with E-state index in [2.05, 4.69) is 10.6 Å². The van der Waals surface area contributed by atoms with Gasteiger partial charge in [-0.05, 0) is 60.9 Å². The van der Waals surface area contributed by atoms with Gasteiger partial charge in [0.15, 0.2) is 5.78 Å². The van der Waals surface area contributed by atoms with Crippen LogP contribution in [0, 0.1) is 5.92 Å². The number of nitrogens with two attached hydrogens (primary N) is 2. The predicted octanol–water partition coefficient (Wildman–Crippen LogP) is 3.23. The standard InChI is InChI=1S/C32H42N4O7/c33-17-7-5-14-27(28(37)19-21(31(34)41)9-6-8-18-35-29(38)15-16-30(39)40)36-32(42)43-20-26-24-12-3-1-10-22(24)23-11-2-4-13-25(23)26/h1-4,10-13,21,26-27H,5-9,14-20,33H2,(H2,34,41)(H,35,38)(H,36,42)(H,39,40)/t21-,27+/m1/s1. The number of rotatable bonds is 19. The van der Waals surface area contributed by atoms with E-state index in [9.17, 15) is 24.0 Å². The molecule has 0 saturated heterocycles. The van der Waals surface area contributed by atoms with Gasteiger partial charge in [0, 0.05) is 31.2 Å². The Balaban J connectivity index is 1.53. The molecule has 2 aromatic rings. The molecule has 0 fully saturated rings. The van der Waals surface area contributed by atoms with Crippen LogP contribution in [0.15, 0.2) is 48.5 Å². The average Bonchev–Trinajstić information content (AvgIpc) is 3.31. The Morgan fingerprint density at radius 2 is 1.49 bits per heavy atom. The number of Topliss-reactive ketones (excluding diaryl/α,β-unsaturated/α-hetero) is 1. The number of hydrogen-bond donors (Lipinski definition) is 5. The monoisotopic (exact) mass is 594 g/mol. The van der Waals surface area contributed by atoms with Crippen LogP contribution >= 0.6 is 0 Å². The number of hydrogen-bond acceptors (Lipinski definition) is 7. The molecular weight excluding hydrogens is 552 g/mol. The number of ether oxygens (including phenoxy) is 1. The number of nitrogens with one attached hydrogen (secondary N) is 2. The van der Waals surface area contributed by atoms with Gasteiger partial charge < -0.3 is 31.9 Å². The van der Waals surface area contributed by atoms with Gasteiger partial charge >= 0.3 is 12.1 Å². The summed E-state index contributed by atoms with van der Waals surface area (Å²) in [6.45, 7) is 0.881. The van der Waals surface area contributed by atoms with E-state index < -0.39 is 29.9 Å². The number of primary amides is 1. The van der Waals surface area contributed by atoms with Crippen molar-refractivity contribution in [1.29, 1.82) is 0 Å². The molecule has 0 radical (unpaired) electrons. The maximum Gasteiger partial charge on any atom is 0.407 e. The van der Waals surface area contributed by atoms with Crippen molar-refractivity contribution >= 4 is 29.7 Å². The van der Waals surface area contributed by atoms with Gasteiger partial charge in [-0.25, -0.2) is 4.79 Å². The number of alkyl carbamates (subject to hydrolysis) is 1. The molecule has 3 rings (SSSR count). The fourth-order valence-electron chi connectivity index (χ4n) is 5.37. The van der Waals surface area contributed by atoms with Crippen molar-refractivity contribution in [2.45, 2.75) is 69.7 Å². The lowest BCUT2D eigenvalue weighted by Gasteiger charge is -2.21. The second kappa shape index (κ2) is 17.0. The SMILES string of the molecule is NCCCC[C@H](NC(=O)OCC1c2ccccc2-c2ccccc21)C(=O)C[C@@H](CCCCNC(=O)CCC(=O)O)C(N)=O.